The summed E-state index contributed by atoms with van der Waals surface area (Å²) < 4.78 is 6.17. The van der Waals surface area contributed by atoms with Gasteiger partial charge in [0.15, 0.2) is 5.76 Å². The Hall–Kier alpha value is -1.88. The van der Waals surface area contributed by atoms with Gasteiger partial charge in [0, 0.05) is 4.47 Å². The lowest BCUT2D eigenvalue weighted by atomic mass is 10.2. The van der Waals surface area contributed by atoms with E-state index in [4.69, 9.17) is 4.42 Å². The van der Waals surface area contributed by atoms with Crippen molar-refractivity contribution in [3.63, 3.8) is 0 Å². The van der Waals surface area contributed by atoms with E-state index in [1.54, 1.807) is 25.3 Å². The molecular formula is C13H11BrN2O2. The van der Waals surface area contributed by atoms with E-state index >= 15 is 0 Å². The molecule has 5 heteroatoms. The fourth-order valence-electron chi connectivity index (χ4n) is 1.33. The van der Waals surface area contributed by atoms with Crippen LogP contribution in [0.1, 0.15) is 21.9 Å². The van der Waals surface area contributed by atoms with Crippen molar-refractivity contribution in [3.05, 3.63) is 58.0 Å². The predicted octanol–water partition coefficient (Wildman–Crippen LogP) is 3.11. The highest BCUT2D eigenvalue weighted by molar-refractivity contribution is 9.10. The highest BCUT2D eigenvalue weighted by Crippen LogP contribution is 2.09. The summed E-state index contributed by atoms with van der Waals surface area (Å²) in [7, 11) is 0. The van der Waals surface area contributed by atoms with Crippen LogP contribution >= 0.6 is 15.9 Å². The maximum absolute atomic E-state index is 11.6. The summed E-state index contributed by atoms with van der Waals surface area (Å²) in [6.45, 7) is 1.78. The quantitative estimate of drug-likeness (QED) is 0.699. The second-order valence-corrected chi connectivity index (χ2v) is 4.58. The van der Waals surface area contributed by atoms with Gasteiger partial charge in [0.2, 0.25) is 0 Å². The van der Waals surface area contributed by atoms with Crippen LogP contribution in [0.5, 0.6) is 0 Å². The zero-order valence-electron chi connectivity index (χ0n) is 9.68. The van der Waals surface area contributed by atoms with Crippen LogP contribution in [0.2, 0.25) is 0 Å². The normalized spacial score (nSPS) is 10.8. The molecule has 1 heterocycles. The molecule has 0 spiro atoms. The molecule has 1 aromatic heterocycles. The largest absolute Gasteiger partial charge is 0.456 e. The van der Waals surface area contributed by atoms with E-state index < -0.39 is 0 Å². The second kappa shape index (κ2) is 5.64. The molecule has 0 saturated heterocycles. The summed E-state index contributed by atoms with van der Waals surface area (Å²) in [5.41, 5.74) is 3.30. The first kappa shape index (κ1) is 12.6. The van der Waals surface area contributed by atoms with Crippen molar-refractivity contribution in [3.8, 4) is 0 Å². The molecular weight excluding hydrogens is 296 g/mol. The number of aryl methyl sites for hydroxylation is 1. The summed E-state index contributed by atoms with van der Waals surface area (Å²) in [6, 6.07) is 10.9. The van der Waals surface area contributed by atoms with E-state index in [-0.39, 0.29) is 11.7 Å². The first-order chi connectivity index (χ1) is 8.65. The number of nitrogens with one attached hydrogen (secondary N) is 1. The van der Waals surface area contributed by atoms with Gasteiger partial charge in [-0.3, -0.25) is 4.79 Å². The molecule has 0 aliphatic carbocycles. The fraction of sp³-hybridized carbons (Fsp3) is 0.0769. The second-order valence-electron chi connectivity index (χ2n) is 3.66. The fourth-order valence-corrected chi connectivity index (χ4v) is 1.59. The SMILES string of the molecule is Cc1ccc(C(=O)N/N=C/c2ccc(Br)cc2)o1. The maximum Gasteiger partial charge on any atom is 0.307 e. The number of nitrogens with zero attached hydrogens (tertiary/aromatic N) is 1. The van der Waals surface area contributed by atoms with Crippen molar-refractivity contribution >= 4 is 28.1 Å². The highest BCUT2D eigenvalue weighted by Gasteiger charge is 2.07. The van der Waals surface area contributed by atoms with Gasteiger partial charge in [-0.15, -0.1) is 0 Å². The Labute approximate surface area is 113 Å². The number of benzene rings is 1. The number of hydrogen-bond donors (Lipinski definition) is 1. The van der Waals surface area contributed by atoms with Crippen LogP contribution in [0.15, 0.2) is 50.4 Å². The Morgan fingerprint density at radius 1 is 1.28 bits per heavy atom. The molecule has 1 N–H and O–H groups in total. The molecule has 0 unspecified atom stereocenters. The van der Waals surface area contributed by atoms with Gasteiger partial charge in [-0.05, 0) is 36.8 Å². The van der Waals surface area contributed by atoms with Crippen molar-refractivity contribution in [1.82, 2.24) is 5.43 Å². The van der Waals surface area contributed by atoms with E-state index in [0.29, 0.717) is 5.76 Å². The third kappa shape index (κ3) is 3.30. The molecule has 0 saturated carbocycles. The zero-order valence-corrected chi connectivity index (χ0v) is 11.3. The topological polar surface area (TPSA) is 54.6 Å². The van der Waals surface area contributed by atoms with Crippen LogP contribution in [0.25, 0.3) is 0 Å². The Kier molecular flexibility index (Phi) is 3.94. The smallest absolute Gasteiger partial charge is 0.307 e. The Morgan fingerprint density at radius 3 is 2.61 bits per heavy atom. The molecule has 0 bridgehead atoms. The van der Waals surface area contributed by atoms with Gasteiger partial charge in [0.05, 0.1) is 6.21 Å². The van der Waals surface area contributed by atoms with Gasteiger partial charge < -0.3 is 4.42 Å². The van der Waals surface area contributed by atoms with Crippen molar-refractivity contribution in [1.29, 1.82) is 0 Å². The minimum absolute atomic E-state index is 0.250. The average molecular weight is 307 g/mol. The Balaban J connectivity index is 1.95. The zero-order chi connectivity index (χ0) is 13.0. The molecule has 0 aliphatic heterocycles. The summed E-state index contributed by atoms with van der Waals surface area (Å²) >= 11 is 3.34. The summed E-state index contributed by atoms with van der Waals surface area (Å²) in [5, 5.41) is 3.86. The molecule has 4 nitrogen and oxygen atoms in total. The molecule has 2 rings (SSSR count). The van der Waals surface area contributed by atoms with E-state index in [9.17, 15) is 4.79 Å². The maximum atomic E-state index is 11.6. The molecule has 1 aromatic carbocycles. The number of furan rings is 1. The van der Waals surface area contributed by atoms with Gasteiger partial charge in [-0.25, -0.2) is 5.43 Å². The average Bonchev–Trinajstić information content (AvgIpc) is 2.78. The van der Waals surface area contributed by atoms with Crippen molar-refractivity contribution in [2.45, 2.75) is 6.92 Å². The number of amides is 1. The van der Waals surface area contributed by atoms with Crippen molar-refractivity contribution in [2.24, 2.45) is 5.10 Å². The lowest BCUT2D eigenvalue weighted by Gasteiger charge is -1.96. The van der Waals surface area contributed by atoms with E-state index in [1.807, 2.05) is 24.3 Å². The lowest BCUT2D eigenvalue weighted by Crippen LogP contribution is -2.16. The molecule has 92 valence electrons. The Bertz CT molecular complexity index is 573. The number of halogens is 1. The first-order valence-electron chi connectivity index (χ1n) is 5.30. The minimum atomic E-state index is -0.364. The third-order valence-electron chi connectivity index (χ3n) is 2.21. The van der Waals surface area contributed by atoms with Gasteiger partial charge in [-0.1, -0.05) is 28.1 Å². The number of rotatable bonds is 3. The van der Waals surface area contributed by atoms with Crippen LogP contribution in [-0.2, 0) is 0 Å². The lowest BCUT2D eigenvalue weighted by molar-refractivity contribution is 0.0926. The molecule has 0 atom stereocenters. The van der Waals surface area contributed by atoms with Gasteiger partial charge >= 0.3 is 5.91 Å². The predicted molar refractivity (Wildman–Crippen MR) is 72.6 cm³/mol. The number of carbonyl (C=O) groups excluding carboxylic acids is 1. The van der Waals surface area contributed by atoms with Crippen LogP contribution < -0.4 is 5.43 Å². The summed E-state index contributed by atoms with van der Waals surface area (Å²) in [6.07, 6.45) is 1.57. The summed E-state index contributed by atoms with van der Waals surface area (Å²) in [4.78, 5) is 11.6. The third-order valence-corrected chi connectivity index (χ3v) is 2.74. The molecule has 1 amide bonds. The van der Waals surface area contributed by atoms with Crippen LogP contribution in [0.3, 0.4) is 0 Å². The molecule has 0 aliphatic rings. The van der Waals surface area contributed by atoms with Crippen LogP contribution in [-0.4, -0.2) is 12.1 Å². The molecule has 18 heavy (non-hydrogen) atoms. The first-order valence-corrected chi connectivity index (χ1v) is 6.10. The van der Waals surface area contributed by atoms with Crippen LogP contribution in [0.4, 0.5) is 0 Å². The molecule has 0 fully saturated rings. The molecule has 2 aromatic rings. The van der Waals surface area contributed by atoms with E-state index in [1.165, 1.54) is 0 Å². The standard InChI is InChI=1S/C13H11BrN2O2/c1-9-2-7-12(18-9)13(17)16-15-8-10-3-5-11(14)6-4-10/h2-8H,1H3,(H,16,17)/b15-8+. The van der Waals surface area contributed by atoms with Crippen LogP contribution in [0, 0.1) is 6.92 Å². The number of hydrogen-bond acceptors (Lipinski definition) is 3. The Morgan fingerprint density at radius 2 is 2.00 bits per heavy atom. The summed E-state index contributed by atoms with van der Waals surface area (Å²) in [5.74, 6) is 0.578. The van der Waals surface area contributed by atoms with Gasteiger partial charge in [-0.2, -0.15) is 5.10 Å². The van der Waals surface area contributed by atoms with Gasteiger partial charge in [0.1, 0.15) is 5.76 Å². The number of hydrazone groups is 1. The van der Waals surface area contributed by atoms with E-state index in [0.717, 1.165) is 10.0 Å². The van der Waals surface area contributed by atoms with Crippen molar-refractivity contribution in [2.75, 3.05) is 0 Å². The van der Waals surface area contributed by atoms with E-state index in [2.05, 4.69) is 26.5 Å². The molecule has 0 radical (unpaired) electrons. The number of carbonyl (C=O) groups is 1. The monoisotopic (exact) mass is 306 g/mol. The highest BCUT2D eigenvalue weighted by atomic mass is 79.9. The van der Waals surface area contributed by atoms with Crippen molar-refractivity contribution < 1.29 is 9.21 Å². The van der Waals surface area contributed by atoms with Gasteiger partial charge in [0.25, 0.3) is 0 Å². The minimum Gasteiger partial charge on any atom is -0.456 e.